The first-order chi connectivity index (χ1) is 15.1. The summed E-state index contributed by atoms with van der Waals surface area (Å²) in [7, 11) is -1.70. The van der Waals surface area contributed by atoms with Gasteiger partial charge in [0.05, 0.1) is 5.60 Å². The molecule has 0 amide bonds. The number of ketones is 1. The van der Waals surface area contributed by atoms with Crippen LogP contribution in [0.2, 0.25) is 18.1 Å². The van der Waals surface area contributed by atoms with Gasteiger partial charge in [-0.05, 0) is 93.7 Å². The highest BCUT2D eigenvalue weighted by atomic mass is 28.4. The minimum atomic E-state index is -1.70. The number of hydrogen-bond acceptors (Lipinski definition) is 3. The van der Waals surface area contributed by atoms with Gasteiger partial charge in [-0.15, -0.1) is 0 Å². The number of carbonyl (C=O) groups is 1. The normalized spacial score (nSPS) is 29.9. The Morgan fingerprint density at radius 3 is 2.30 bits per heavy atom. The van der Waals surface area contributed by atoms with Crippen LogP contribution in [0.4, 0.5) is 0 Å². The lowest BCUT2D eigenvalue weighted by atomic mass is 9.55. The van der Waals surface area contributed by atoms with Gasteiger partial charge in [-0.3, -0.25) is 4.79 Å². The number of aliphatic hydroxyl groups is 1. The Kier molecular flexibility index (Phi) is 9.90. The molecule has 0 aromatic heterocycles. The van der Waals surface area contributed by atoms with Gasteiger partial charge in [0.1, 0.15) is 5.78 Å². The third-order valence-electron chi connectivity index (χ3n) is 9.94. The van der Waals surface area contributed by atoms with Crippen LogP contribution < -0.4 is 0 Å². The number of carbonyl (C=O) groups excluding carboxylic acids is 1. The Labute approximate surface area is 207 Å². The van der Waals surface area contributed by atoms with Gasteiger partial charge >= 0.3 is 0 Å². The average molecular weight is 481 g/mol. The van der Waals surface area contributed by atoms with Gasteiger partial charge in [0, 0.05) is 18.9 Å². The van der Waals surface area contributed by atoms with E-state index in [0.29, 0.717) is 29.5 Å². The summed E-state index contributed by atoms with van der Waals surface area (Å²) in [5, 5.41) is 10.2. The van der Waals surface area contributed by atoms with Crippen molar-refractivity contribution in [2.24, 2.45) is 29.1 Å². The quantitative estimate of drug-likeness (QED) is 0.226. The van der Waals surface area contributed by atoms with Crippen molar-refractivity contribution in [3.8, 4) is 0 Å². The second kappa shape index (κ2) is 11.2. The third kappa shape index (κ3) is 7.40. The smallest absolute Gasteiger partial charge is 0.191 e. The minimum Gasteiger partial charge on any atom is -0.417 e. The summed E-state index contributed by atoms with van der Waals surface area (Å²) in [5.41, 5.74) is -0.356. The van der Waals surface area contributed by atoms with E-state index in [4.69, 9.17) is 4.43 Å². The maximum Gasteiger partial charge on any atom is 0.191 e. The second-order valence-corrected chi connectivity index (χ2v) is 18.8. The lowest BCUT2D eigenvalue weighted by Gasteiger charge is -2.48. The zero-order chi connectivity index (χ0) is 25.1. The Bertz CT molecular complexity index is 630. The molecule has 0 aliphatic heterocycles. The largest absolute Gasteiger partial charge is 0.417 e. The second-order valence-electron chi connectivity index (χ2n) is 13.9. The fraction of sp³-hybridized carbons (Fsp3) is 0.966. The van der Waals surface area contributed by atoms with Gasteiger partial charge in [0.15, 0.2) is 8.32 Å². The molecule has 2 aliphatic rings. The Morgan fingerprint density at radius 2 is 1.70 bits per heavy atom. The van der Waals surface area contributed by atoms with E-state index in [1.807, 2.05) is 13.8 Å². The molecule has 0 unspecified atom stereocenters. The van der Waals surface area contributed by atoms with Crippen LogP contribution in [-0.2, 0) is 9.22 Å². The first kappa shape index (κ1) is 29.0. The van der Waals surface area contributed by atoms with E-state index in [1.165, 1.54) is 32.1 Å². The van der Waals surface area contributed by atoms with Gasteiger partial charge < -0.3 is 9.53 Å². The van der Waals surface area contributed by atoms with Crippen LogP contribution in [0.25, 0.3) is 0 Å². The Hall–Kier alpha value is -0.193. The molecular formula is C29H56O3Si. The van der Waals surface area contributed by atoms with E-state index in [1.54, 1.807) is 0 Å². The van der Waals surface area contributed by atoms with Crippen molar-refractivity contribution in [1.82, 2.24) is 0 Å². The molecule has 2 aliphatic carbocycles. The lowest BCUT2D eigenvalue weighted by molar-refractivity contribution is -0.134. The van der Waals surface area contributed by atoms with Crippen LogP contribution in [0.15, 0.2) is 0 Å². The van der Waals surface area contributed by atoms with Crippen molar-refractivity contribution in [3.05, 3.63) is 0 Å². The monoisotopic (exact) mass is 480 g/mol. The van der Waals surface area contributed by atoms with Crippen molar-refractivity contribution < 1.29 is 14.3 Å². The van der Waals surface area contributed by atoms with Crippen LogP contribution >= 0.6 is 0 Å². The maximum absolute atomic E-state index is 12.9. The standard InChI is InChI=1S/C29H56O3Si/c1-22(19-21-32-33(8,9)27(2,3)4)24-16-17-25-26(30)18-15-23(29(24,25)7)14-12-10-11-13-20-28(5,6)31/h22-25,31H,10-21H2,1-9H3/t22-,23-,24-,25+,29-/m1/s1. The molecule has 194 valence electrons. The van der Waals surface area contributed by atoms with Gasteiger partial charge in [-0.1, -0.05) is 60.3 Å². The number of rotatable bonds is 12. The van der Waals surface area contributed by atoms with Crippen LogP contribution in [0, 0.1) is 29.1 Å². The summed E-state index contributed by atoms with van der Waals surface area (Å²) >= 11 is 0. The highest BCUT2D eigenvalue weighted by molar-refractivity contribution is 6.74. The summed E-state index contributed by atoms with van der Waals surface area (Å²) in [6.07, 6.45) is 12.3. The zero-order valence-corrected chi connectivity index (χ0v) is 24.6. The van der Waals surface area contributed by atoms with Crippen LogP contribution in [0.5, 0.6) is 0 Å². The molecule has 0 saturated heterocycles. The van der Waals surface area contributed by atoms with E-state index in [2.05, 4.69) is 47.7 Å². The highest BCUT2D eigenvalue weighted by Crippen LogP contribution is 2.60. The van der Waals surface area contributed by atoms with E-state index in [0.717, 1.165) is 45.1 Å². The van der Waals surface area contributed by atoms with Gasteiger partial charge in [-0.2, -0.15) is 0 Å². The first-order valence-electron chi connectivity index (χ1n) is 14.0. The molecule has 0 bridgehead atoms. The Morgan fingerprint density at radius 1 is 1.06 bits per heavy atom. The molecule has 5 atom stereocenters. The van der Waals surface area contributed by atoms with E-state index < -0.39 is 13.9 Å². The number of unbranched alkanes of at least 4 members (excludes halogenated alkanes) is 3. The van der Waals surface area contributed by atoms with Crippen molar-refractivity contribution in [2.75, 3.05) is 6.61 Å². The highest BCUT2D eigenvalue weighted by Gasteiger charge is 2.56. The van der Waals surface area contributed by atoms with E-state index in [-0.39, 0.29) is 10.5 Å². The van der Waals surface area contributed by atoms with Crippen LogP contribution in [0.3, 0.4) is 0 Å². The summed E-state index contributed by atoms with van der Waals surface area (Å²) in [6.45, 7) is 21.2. The van der Waals surface area contributed by atoms with E-state index >= 15 is 0 Å². The predicted molar refractivity (Wildman–Crippen MR) is 143 cm³/mol. The molecule has 0 spiro atoms. The predicted octanol–water partition coefficient (Wildman–Crippen LogP) is 8.16. The third-order valence-corrected chi connectivity index (χ3v) is 14.5. The first-order valence-corrected chi connectivity index (χ1v) is 16.9. The van der Waals surface area contributed by atoms with Crippen LogP contribution in [-0.4, -0.2) is 31.4 Å². The van der Waals surface area contributed by atoms with Gasteiger partial charge in [0.2, 0.25) is 0 Å². The zero-order valence-electron chi connectivity index (χ0n) is 23.6. The average Bonchev–Trinajstić information content (AvgIpc) is 3.03. The summed E-state index contributed by atoms with van der Waals surface area (Å²) < 4.78 is 6.52. The molecule has 0 aromatic carbocycles. The number of fused-ring (bicyclic) bond motifs is 1. The van der Waals surface area contributed by atoms with Crippen LogP contribution in [0.1, 0.15) is 119 Å². The van der Waals surface area contributed by atoms with Gasteiger partial charge in [-0.25, -0.2) is 0 Å². The van der Waals surface area contributed by atoms with Crippen molar-refractivity contribution in [2.45, 2.75) is 143 Å². The van der Waals surface area contributed by atoms with Crippen molar-refractivity contribution in [3.63, 3.8) is 0 Å². The molecule has 2 fully saturated rings. The molecule has 4 heteroatoms. The molecule has 0 radical (unpaired) electrons. The molecular weight excluding hydrogens is 424 g/mol. The molecule has 3 nitrogen and oxygen atoms in total. The topological polar surface area (TPSA) is 46.5 Å². The van der Waals surface area contributed by atoms with Crippen molar-refractivity contribution >= 4 is 14.1 Å². The molecule has 33 heavy (non-hydrogen) atoms. The number of hydrogen-bond donors (Lipinski definition) is 1. The molecule has 0 heterocycles. The number of Topliss-reactive ketones (excluding diaryl/α,β-unsaturated/α-hetero) is 1. The minimum absolute atomic E-state index is 0.179. The maximum atomic E-state index is 12.9. The molecule has 2 rings (SSSR count). The summed E-state index contributed by atoms with van der Waals surface area (Å²) in [6, 6.07) is 0. The summed E-state index contributed by atoms with van der Waals surface area (Å²) in [5.74, 6) is 2.79. The Balaban J connectivity index is 1.94. The van der Waals surface area contributed by atoms with Gasteiger partial charge in [0.25, 0.3) is 0 Å². The molecule has 1 N–H and O–H groups in total. The summed E-state index contributed by atoms with van der Waals surface area (Å²) in [4.78, 5) is 12.9. The van der Waals surface area contributed by atoms with Crippen molar-refractivity contribution in [1.29, 1.82) is 0 Å². The fourth-order valence-electron chi connectivity index (χ4n) is 6.70. The lowest BCUT2D eigenvalue weighted by Crippen LogP contribution is -2.46. The SMILES string of the molecule is C[C@H](CCO[Si](C)(C)C(C)(C)C)[C@H]1CC[C@H]2C(=O)CC[C@@H](CCCCCCC(C)(C)O)[C@]12C. The van der Waals surface area contributed by atoms with E-state index in [9.17, 15) is 9.90 Å². The fourth-order valence-corrected chi connectivity index (χ4v) is 7.76. The molecule has 0 aromatic rings. The molecule has 2 saturated carbocycles.